The molecule has 1 aliphatic carbocycles. The Morgan fingerprint density at radius 2 is 2.29 bits per heavy atom. The van der Waals surface area contributed by atoms with E-state index >= 15 is 0 Å². The third-order valence-electron chi connectivity index (χ3n) is 4.14. The molecular formula is C16H18FN3O. The predicted octanol–water partition coefficient (Wildman–Crippen LogP) is 2.85. The Labute approximate surface area is 123 Å². The molecular weight excluding hydrogens is 269 g/mol. The van der Waals surface area contributed by atoms with E-state index in [0.29, 0.717) is 5.56 Å². The number of halogens is 1. The van der Waals surface area contributed by atoms with Gasteiger partial charge in [-0.2, -0.15) is 0 Å². The summed E-state index contributed by atoms with van der Waals surface area (Å²) in [6, 6.07) is 5.11. The zero-order valence-electron chi connectivity index (χ0n) is 11.9. The molecule has 110 valence electrons. The van der Waals surface area contributed by atoms with E-state index < -0.39 is 5.82 Å². The van der Waals surface area contributed by atoms with Crippen molar-refractivity contribution in [2.75, 3.05) is 0 Å². The SMILES string of the molecule is Cc1cccc(C(=O)NC2CCCC2n2ccnc2)c1F. The number of aryl methyl sites for hydroxylation is 1. The Morgan fingerprint density at radius 1 is 1.43 bits per heavy atom. The molecule has 0 saturated heterocycles. The molecule has 1 aromatic heterocycles. The van der Waals surface area contributed by atoms with Crippen LogP contribution in [0, 0.1) is 12.7 Å². The van der Waals surface area contributed by atoms with E-state index in [1.54, 1.807) is 31.6 Å². The molecule has 1 aromatic carbocycles. The standard InChI is InChI=1S/C16H18FN3O/c1-11-4-2-5-12(15(11)17)16(21)19-13-6-3-7-14(13)20-9-8-18-10-20/h2,4-5,8-10,13-14H,3,6-7H2,1H3,(H,19,21). The van der Waals surface area contributed by atoms with Crippen molar-refractivity contribution < 1.29 is 9.18 Å². The first kappa shape index (κ1) is 13.8. The number of hydrogen-bond acceptors (Lipinski definition) is 2. The van der Waals surface area contributed by atoms with Crippen molar-refractivity contribution in [2.24, 2.45) is 0 Å². The fourth-order valence-electron chi connectivity index (χ4n) is 3.00. The summed E-state index contributed by atoms with van der Waals surface area (Å²) in [4.78, 5) is 16.4. The highest BCUT2D eigenvalue weighted by Crippen LogP contribution is 2.30. The molecule has 4 nitrogen and oxygen atoms in total. The first-order valence-electron chi connectivity index (χ1n) is 7.20. The Morgan fingerprint density at radius 3 is 3.05 bits per heavy atom. The lowest BCUT2D eigenvalue weighted by Gasteiger charge is -2.22. The van der Waals surface area contributed by atoms with E-state index in [2.05, 4.69) is 10.3 Å². The maximum atomic E-state index is 14.0. The van der Waals surface area contributed by atoms with E-state index in [9.17, 15) is 9.18 Å². The molecule has 2 unspecified atom stereocenters. The lowest BCUT2D eigenvalue weighted by atomic mass is 10.1. The average Bonchev–Trinajstić information content (AvgIpc) is 3.12. The first-order chi connectivity index (χ1) is 10.2. The van der Waals surface area contributed by atoms with Crippen molar-refractivity contribution in [1.29, 1.82) is 0 Å². The van der Waals surface area contributed by atoms with Crippen LogP contribution in [0.4, 0.5) is 4.39 Å². The van der Waals surface area contributed by atoms with Gasteiger partial charge in [-0.1, -0.05) is 12.1 Å². The quantitative estimate of drug-likeness (QED) is 0.943. The van der Waals surface area contributed by atoms with Crippen LogP contribution >= 0.6 is 0 Å². The molecule has 3 rings (SSSR count). The molecule has 1 saturated carbocycles. The van der Waals surface area contributed by atoms with Crippen LogP contribution in [0.5, 0.6) is 0 Å². The molecule has 0 bridgehead atoms. The van der Waals surface area contributed by atoms with Gasteiger partial charge < -0.3 is 9.88 Å². The third kappa shape index (κ3) is 2.68. The molecule has 21 heavy (non-hydrogen) atoms. The van der Waals surface area contributed by atoms with Gasteiger partial charge in [-0.3, -0.25) is 4.79 Å². The van der Waals surface area contributed by atoms with Crippen LogP contribution in [0.2, 0.25) is 0 Å². The van der Waals surface area contributed by atoms with E-state index in [1.165, 1.54) is 6.07 Å². The molecule has 0 spiro atoms. The van der Waals surface area contributed by atoms with Gasteiger partial charge in [0.15, 0.2) is 0 Å². The zero-order valence-corrected chi connectivity index (χ0v) is 11.9. The summed E-state index contributed by atoms with van der Waals surface area (Å²) in [6.45, 7) is 1.66. The number of benzene rings is 1. The van der Waals surface area contributed by atoms with Gasteiger partial charge in [0.2, 0.25) is 0 Å². The maximum Gasteiger partial charge on any atom is 0.254 e. The number of nitrogens with zero attached hydrogens (tertiary/aromatic N) is 2. The highest BCUT2D eigenvalue weighted by atomic mass is 19.1. The maximum absolute atomic E-state index is 14.0. The number of aromatic nitrogens is 2. The van der Waals surface area contributed by atoms with Gasteiger partial charge in [-0.05, 0) is 37.8 Å². The van der Waals surface area contributed by atoms with Crippen molar-refractivity contribution in [3.05, 3.63) is 53.9 Å². The van der Waals surface area contributed by atoms with Gasteiger partial charge in [-0.15, -0.1) is 0 Å². The summed E-state index contributed by atoms with van der Waals surface area (Å²) < 4.78 is 16.0. The van der Waals surface area contributed by atoms with Crippen LogP contribution in [0.1, 0.15) is 41.2 Å². The highest BCUT2D eigenvalue weighted by molar-refractivity contribution is 5.94. The summed E-state index contributed by atoms with van der Waals surface area (Å²) >= 11 is 0. The lowest BCUT2D eigenvalue weighted by molar-refractivity contribution is 0.0924. The molecule has 2 aromatic rings. The van der Waals surface area contributed by atoms with E-state index in [0.717, 1.165) is 19.3 Å². The number of carbonyl (C=O) groups excluding carboxylic acids is 1. The second-order valence-electron chi connectivity index (χ2n) is 5.52. The summed E-state index contributed by atoms with van der Waals surface area (Å²) in [5.74, 6) is -0.777. The van der Waals surface area contributed by atoms with E-state index in [1.807, 2.05) is 10.8 Å². The molecule has 5 heteroatoms. The fraction of sp³-hybridized carbons (Fsp3) is 0.375. The van der Waals surface area contributed by atoms with Gasteiger partial charge in [0.25, 0.3) is 5.91 Å². The van der Waals surface area contributed by atoms with Crippen LogP contribution in [-0.4, -0.2) is 21.5 Å². The summed E-state index contributed by atoms with van der Waals surface area (Å²) in [5.41, 5.74) is 0.603. The molecule has 1 amide bonds. The Bertz CT molecular complexity index is 639. The zero-order chi connectivity index (χ0) is 14.8. The largest absolute Gasteiger partial charge is 0.347 e. The van der Waals surface area contributed by atoms with E-state index in [-0.39, 0.29) is 23.6 Å². The number of amides is 1. The molecule has 0 radical (unpaired) electrons. The van der Waals surface area contributed by atoms with Crippen LogP contribution in [-0.2, 0) is 0 Å². The molecule has 2 atom stereocenters. The van der Waals surface area contributed by atoms with Gasteiger partial charge in [0.1, 0.15) is 5.82 Å². The predicted molar refractivity (Wildman–Crippen MR) is 77.5 cm³/mol. The minimum absolute atomic E-state index is 0.0200. The minimum atomic E-state index is -0.438. The van der Waals surface area contributed by atoms with E-state index in [4.69, 9.17) is 0 Å². The Hall–Kier alpha value is -2.17. The lowest BCUT2D eigenvalue weighted by Crippen LogP contribution is -2.38. The van der Waals surface area contributed by atoms with Gasteiger partial charge in [0.05, 0.1) is 17.9 Å². The second-order valence-corrected chi connectivity index (χ2v) is 5.52. The monoisotopic (exact) mass is 287 g/mol. The van der Waals surface area contributed by atoms with Crippen molar-refractivity contribution in [2.45, 2.75) is 38.3 Å². The van der Waals surface area contributed by atoms with Crippen LogP contribution in [0.25, 0.3) is 0 Å². The van der Waals surface area contributed by atoms with Crippen molar-refractivity contribution >= 4 is 5.91 Å². The van der Waals surface area contributed by atoms with Gasteiger partial charge in [-0.25, -0.2) is 9.37 Å². The summed E-state index contributed by atoms with van der Waals surface area (Å²) in [5, 5.41) is 2.97. The fourth-order valence-corrected chi connectivity index (χ4v) is 3.00. The first-order valence-corrected chi connectivity index (χ1v) is 7.20. The van der Waals surface area contributed by atoms with Crippen LogP contribution < -0.4 is 5.32 Å². The third-order valence-corrected chi connectivity index (χ3v) is 4.14. The molecule has 1 aliphatic rings. The number of imidazole rings is 1. The topological polar surface area (TPSA) is 46.9 Å². The van der Waals surface area contributed by atoms with Crippen molar-refractivity contribution in [1.82, 2.24) is 14.9 Å². The average molecular weight is 287 g/mol. The van der Waals surface area contributed by atoms with Crippen LogP contribution in [0.15, 0.2) is 36.9 Å². The number of carbonyl (C=O) groups is 1. The number of rotatable bonds is 3. The summed E-state index contributed by atoms with van der Waals surface area (Å²) in [7, 11) is 0. The summed E-state index contributed by atoms with van der Waals surface area (Å²) in [6.07, 6.45) is 8.35. The highest BCUT2D eigenvalue weighted by Gasteiger charge is 2.30. The van der Waals surface area contributed by atoms with Gasteiger partial charge in [0, 0.05) is 18.4 Å². The van der Waals surface area contributed by atoms with Crippen molar-refractivity contribution in [3.63, 3.8) is 0 Å². The Kier molecular flexibility index (Phi) is 3.73. The number of hydrogen-bond donors (Lipinski definition) is 1. The second kappa shape index (κ2) is 5.68. The van der Waals surface area contributed by atoms with Crippen LogP contribution in [0.3, 0.4) is 0 Å². The smallest absolute Gasteiger partial charge is 0.254 e. The molecule has 0 aliphatic heterocycles. The molecule has 1 N–H and O–H groups in total. The molecule has 1 heterocycles. The van der Waals surface area contributed by atoms with Gasteiger partial charge >= 0.3 is 0 Å². The van der Waals surface area contributed by atoms with Crippen molar-refractivity contribution in [3.8, 4) is 0 Å². The normalized spacial score (nSPS) is 21.4. The molecule has 1 fully saturated rings. The Balaban J connectivity index is 1.76. The minimum Gasteiger partial charge on any atom is -0.347 e. The number of nitrogens with one attached hydrogen (secondary N) is 1.